The minimum absolute atomic E-state index is 0. The van der Waals surface area contributed by atoms with Gasteiger partial charge in [-0.05, 0) is 74.9 Å². The molecule has 1 saturated heterocycles. The standard InChI is InChI=1S/C20H30F4N4.HI/c1-15-13-18(21)4-3-17(15)6-10-27-19(25-2)26-9-5-16-7-11-28(12-8-16)14-20(22,23)24;/h3-4,13,16H,5-12,14H2,1-2H3,(H2,25,26,27);1H. The van der Waals surface area contributed by atoms with E-state index >= 15 is 0 Å². The predicted octanol–water partition coefficient (Wildman–Crippen LogP) is 4.12. The van der Waals surface area contributed by atoms with Crippen LogP contribution in [0.2, 0.25) is 0 Å². The molecule has 0 atom stereocenters. The van der Waals surface area contributed by atoms with E-state index in [1.165, 1.54) is 17.0 Å². The van der Waals surface area contributed by atoms with Gasteiger partial charge in [-0.25, -0.2) is 4.39 Å². The molecule has 0 saturated carbocycles. The Morgan fingerprint density at radius 3 is 2.41 bits per heavy atom. The minimum Gasteiger partial charge on any atom is -0.356 e. The highest BCUT2D eigenvalue weighted by molar-refractivity contribution is 14.0. The molecule has 1 aromatic rings. The van der Waals surface area contributed by atoms with Crippen LogP contribution in [0.15, 0.2) is 23.2 Å². The van der Waals surface area contributed by atoms with Crippen molar-refractivity contribution in [1.82, 2.24) is 15.5 Å². The van der Waals surface area contributed by atoms with E-state index in [4.69, 9.17) is 0 Å². The van der Waals surface area contributed by atoms with E-state index in [1.807, 2.05) is 6.92 Å². The van der Waals surface area contributed by atoms with Gasteiger partial charge in [0.15, 0.2) is 5.96 Å². The number of halogens is 5. The van der Waals surface area contributed by atoms with Gasteiger partial charge in [-0.15, -0.1) is 24.0 Å². The number of guanidine groups is 1. The lowest BCUT2D eigenvalue weighted by molar-refractivity contribution is -0.148. The average molecular weight is 530 g/mol. The molecule has 1 fully saturated rings. The Morgan fingerprint density at radius 2 is 1.83 bits per heavy atom. The molecular weight excluding hydrogens is 499 g/mol. The van der Waals surface area contributed by atoms with E-state index in [9.17, 15) is 17.6 Å². The zero-order valence-electron chi connectivity index (χ0n) is 17.0. The van der Waals surface area contributed by atoms with Gasteiger partial charge >= 0.3 is 6.18 Å². The van der Waals surface area contributed by atoms with Crippen molar-refractivity contribution in [3.05, 3.63) is 35.1 Å². The zero-order valence-corrected chi connectivity index (χ0v) is 19.3. The molecule has 0 bridgehead atoms. The fourth-order valence-electron chi connectivity index (χ4n) is 3.56. The van der Waals surface area contributed by atoms with Gasteiger partial charge in [0.1, 0.15) is 5.82 Å². The van der Waals surface area contributed by atoms with E-state index in [1.54, 1.807) is 13.1 Å². The first-order valence-electron chi connectivity index (χ1n) is 9.75. The number of piperidine rings is 1. The van der Waals surface area contributed by atoms with Gasteiger partial charge in [-0.2, -0.15) is 13.2 Å². The number of nitrogens with one attached hydrogen (secondary N) is 2. The van der Waals surface area contributed by atoms with Crippen molar-refractivity contribution >= 4 is 29.9 Å². The normalized spacial score (nSPS) is 16.4. The summed E-state index contributed by atoms with van der Waals surface area (Å²) in [5, 5.41) is 6.50. The maximum atomic E-state index is 13.1. The van der Waals surface area contributed by atoms with E-state index in [-0.39, 0.29) is 29.8 Å². The number of aliphatic imine (C=N–C) groups is 1. The summed E-state index contributed by atoms with van der Waals surface area (Å²) in [5.41, 5.74) is 2.02. The van der Waals surface area contributed by atoms with Crippen LogP contribution in [0.4, 0.5) is 17.6 Å². The largest absolute Gasteiger partial charge is 0.401 e. The van der Waals surface area contributed by atoms with Crippen LogP contribution < -0.4 is 10.6 Å². The molecule has 1 aliphatic rings. The van der Waals surface area contributed by atoms with Crippen molar-refractivity contribution in [2.24, 2.45) is 10.9 Å². The van der Waals surface area contributed by atoms with E-state index in [2.05, 4.69) is 15.6 Å². The Morgan fingerprint density at radius 1 is 1.17 bits per heavy atom. The third kappa shape index (κ3) is 9.97. The molecule has 0 amide bonds. The Hall–Kier alpha value is -1.10. The van der Waals surface area contributed by atoms with E-state index in [0.717, 1.165) is 43.4 Å². The number of alkyl halides is 3. The summed E-state index contributed by atoms with van der Waals surface area (Å²) in [6.07, 6.45) is -0.831. The van der Waals surface area contributed by atoms with Gasteiger partial charge in [-0.1, -0.05) is 6.07 Å². The number of nitrogens with zero attached hydrogens (tertiary/aromatic N) is 2. The Bertz CT molecular complexity index is 644. The number of hydrogen-bond acceptors (Lipinski definition) is 2. The SMILES string of the molecule is CN=C(NCCc1ccc(F)cc1C)NCCC1CCN(CC(F)(F)F)CC1.I. The van der Waals surface area contributed by atoms with Crippen molar-refractivity contribution in [2.75, 3.05) is 39.8 Å². The first kappa shape index (κ1) is 25.9. The van der Waals surface area contributed by atoms with Gasteiger partial charge < -0.3 is 10.6 Å². The third-order valence-corrected chi connectivity index (χ3v) is 5.17. The summed E-state index contributed by atoms with van der Waals surface area (Å²) in [4.78, 5) is 5.68. The highest BCUT2D eigenvalue weighted by Crippen LogP contribution is 2.23. The zero-order chi connectivity index (χ0) is 20.6. The second kappa shape index (κ2) is 12.6. The molecule has 0 spiro atoms. The maximum absolute atomic E-state index is 13.1. The van der Waals surface area contributed by atoms with Crippen molar-refractivity contribution in [1.29, 1.82) is 0 Å². The van der Waals surface area contributed by atoms with Crippen molar-refractivity contribution in [3.8, 4) is 0 Å². The average Bonchev–Trinajstić information content (AvgIpc) is 2.62. The summed E-state index contributed by atoms with van der Waals surface area (Å²) in [7, 11) is 1.70. The number of aryl methyl sites for hydroxylation is 1. The molecular formula is C20H31F4IN4. The number of hydrogen-bond donors (Lipinski definition) is 2. The second-order valence-electron chi connectivity index (χ2n) is 7.37. The fourth-order valence-corrected chi connectivity index (χ4v) is 3.56. The van der Waals surface area contributed by atoms with Crippen molar-refractivity contribution in [2.45, 2.75) is 38.8 Å². The summed E-state index contributed by atoms with van der Waals surface area (Å²) < 4.78 is 50.4. The quantitative estimate of drug-likeness (QED) is 0.241. The molecule has 0 radical (unpaired) electrons. The van der Waals surface area contributed by atoms with E-state index < -0.39 is 12.7 Å². The van der Waals surface area contributed by atoms with Crippen LogP contribution in [0.1, 0.15) is 30.4 Å². The van der Waals surface area contributed by atoms with Crippen molar-refractivity contribution < 1.29 is 17.6 Å². The number of benzene rings is 1. The lowest BCUT2D eigenvalue weighted by Gasteiger charge is -2.32. The molecule has 1 heterocycles. The Balaban J connectivity index is 0.00000420. The maximum Gasteiger partial charge on any atom is 0.401 e. The highest BCUT2D eigenvalue weighted by Gasteiger charge is 2.32. The lowest BCUT2D eigenvalue weighted by atomic mass is 9.93. The summed E-state index contributed by atoms with van der Waals surface area (Å²) in [6.45, 7) is 3.52. The van der Waals surface area contributed by atoms with Gasteiger partial charge in [0.05, 0.1) is 6.54 Å². The van der Waals surface area contributed by atoms with Gasteiger partial charge in [0.25, 0.3) is 0 Å². The topological polar surface area (TPSA) is 39.7 Å². The minimum atomic E-state index is -4.11. The van der Waals surface area contributed by atoms with Crippen LogP contribution in [0.3, 0.4) is 0 Å². The van der Waals surface area contributed by atoms with Crippen LogP contribution in [0, 0.1) is 18.7 Å². The van der Waals surface area contributed by atoms with Crippen LogP contribution in [0.25, 0.3) is 0 Å². The van der Waals surface area contributed by atoms with Crippen LogP contribution >= 0.6 is 24.0 Å². The fraction of sp³-hybridized carbons (Fsp3) is 0.650. The molecule has 1 aliphatic heterocycles. The lowest BCUT2D eigenvalue weighted by Crippen LogP contribution is -2.42. The molecule has 0 aromatic heterocycles. The number of likely N-dealkylation sites (tertiary alicyclic amines) is 1. The van der Waals surface area contributed by atoms with Gasteiger partial charge in [0.2, 0.25) is 0 Å². The number of rotatable bonds is 7. The molecule has 9 heteroatoms. The van der Waals surface area contributed by atoms with Crippen molar-refractivity contribution in [3.63, 3.8) is 0 Å². The molecule has 4 nitrogen and oxygen atoms in total. The highest BCUT2D eigenvalue weighted by atomic mass is 127. The summed E-state index contributed by atoms with van der Waals surface area (Å²) in [6, 6.07) is 4.80. The molecule has 0 unspecified atom stereocenters. The predicted molar refractivity (Wildman–Crippen MR) is 119 cm³/mol. The molecule has 1 aromatic carbocycles. The summed E-state index contributed by atoms with van der Waals surface area (Å²) in [5.74, 6) is 0.919. The second-order valence-corrected chi connectivity index (χ2v) is 7.37. The summed E-state index contributed by atoms with van der Waals surface area (Å²) >= 11 is 0. The Labute approximate surface area is 187 Å². The van der Waals surface area contributed by atoms with Gasteiger partial charge in [0, 0.05) is 20.1 Å². The van der Waals surface area contributed by atoms with Crippen LogP contribution in [-0.2, 0) is 6.42 Å². The van der Waals surface area contributed by atoms with Gasteiger partial charge in [-0.3, -0.25) is 9.89 Å². The monoisotopic (exact) mass is 530 g/mol. The molecule has 2 rings (SSSR count). The smallest absolute Gasteiger partial charge is 0.356 e. The third-order valence-electron chi connectivity index (χ3n) is 5.17. The first-order chi connectivity index (χ1) is 13.3. The molecule has 29 heavy (non-hydrogen) atoms. The first-order valence-corrected chi connectivity index (χ1v) is 9.75. The van der Waals surface area contributed by atoms with Crippen LogP contribution in [-0.4, -0.2) is 56.8 Å². The van der Waals surface area contributed by atoms with Crippen LogP contribution in [0.5, 0.6) is 0 Å². The molecule has 0 aliphatic carbocycles. The molecule has 2 N–H and O–H groups in total. The Kier molecular flexibility index (Phi) is 11.2. The molecule has 166 valence electrons. The van der Waals surface area contributed by atoms with E-state index in [0.29, 0.717) is 31.5 Å².